The highest BCUT2D eigenvalue weighted by Gasteiger charge is 2.19. The van der Waals surface area contributed by atoms with E-state index < -0.39 is 10.0 Å². The van der Waals surface area contributed by atoms with Gasteiger partial charge >= 0.3 is 0 Å². The summed E-state index contributed by atoms with van der Waals surface area (Å²) >= 11 is 0. The number of carbonyl (C=O) groups excluding carboxylic acids is 1. The first-order valence-corrected chi connectivity index (χ1v) is 11.2. The molecule has 0 saturated heterocycles. The Kier molecular flexibility index (Phi) is 5.56. The number of nitrogens with one attached hydrogen (secondary N) is 2. The molecule has 0 atom stereocenters. The van der Waals surface area contributed by atoms with Gasteiger partial charge in [0.05, 0.1) is 4.90 Å². The zero-order valence-electron chi connectivity index (χ0n) is 17.1. The highest BCUT2D eigenvalue weighted by Crippen LogP contribution is 2.32. The lowest BCUT2D eigenvalue weighted by molar-refractivity contribution is 0.102. The monoisotopic (exact) mass is 438 g/mol. The molecule has 4 rings (SSSR count). The van der Waals surface area contributed by atoms with Gasteiger partial charge in [-0.1, -0.05) is 12.1 Å². The number of hydrogen-bond donors (Lipinski definition) is 2. The van der Waals surface area contributed by atoms with Gasteiger partial charge in [-0.25, -0.2) is 8.42 Å². The molecule has 31 heavy (non-hydrogen) atoms. The van der Waals surface area contributed by atoms with E-state index in [1.54, 1.807) is 30.3 Å². The van der Waals surface area contributed by atoms with Crippen molar-refractivity contribution in [1.82, 2.24) is 0 Å². The number of ether oxygens (including phenoxy) is 2. The van der Waals surface area contributed by atoms with Gasteiger partial charge in [0.15, 0.2) is 11.5 Å². The molecule has 0 spiro atoms. The Morgan fingerprint density at radius 1 is 0.871 bits per heavy atom. The maximum Gasteiger partial charge on any atom is 0.262 e. The van der Waals surface area contributed by atoms with Crippen molar-refractivity contribution in [3.05, 3.63) is 77.4 Å². The van der Waals surface area contributed by atoms with E-state index in [1.165, 1.54) is 12.1 Å². The van der Waals surface area contributed by atoms with Gasteiger partial charge in [-0.05, 0) is 67.4 Å². The zero-order chi connectivity index (χ0) is 22.0. The van der Waals surface area contributed by atoms with Crippen molar-refractivity contribution in [2.45, 2.75) is 18.7 Å². The van der Waals surface area contributed by atoms with Crippen molar-refractivity contribution in [3.8, 4) is 11.5 Å². The van der Waals surface area contributed by atoms with Crippen molar-refractivity contribution in [2.75, 3.05) is 23.3 Å². The second-order valence-corrected chi connectivity index (χ2v) is 8.94. The van der Waals surface area contributed by atoms with Crippen LogP contribution < -0.4 is 19.5 Å². The number of sulfonamides is 1. The number of benzene rings is 3. The standard InChI is InChI=1S/C23H22N2O5S/c1-15-3-4-16(2)20(13-15)24-23(26)17-5-7-18(8-6-17)25-31(27,28)19-9-10-21-22(14-19)30-12-11-29-21/h3-10,13-14,25H,11-12H2,1-2H3,(H,24,26). The number of aryl methyl sites for hydroxylation is 2. The topological polar surface area (TPSA) is 93.7 Å². The highest BCUT2D eigenvalue weighted by atomic mass is 32.2. The van der Waals surface area contributed by atoms with Crippen LogP contribution in [0.1, 0.15) is 21.5 Å². The van der Waals surface area contributed by atoms with Gasteiger partial charge in [0, 0.05) is 23.0 Å². The SMILES string of the molecule is Cc1ccc(C)c(NC(=O)c2ccc(NS(=O)(=O)c3ccc4c(c3)OCCO4)cc2)c1. The Morgan fingerprint density at radius 3 is 2.32 bits per heavy atom. The molecule has 0 saturated carbocycles. The molecule has 2 N–H and O–H groups in total. The molecule has 0 aliphatic carbocycles. The quantitative estimate of drug-likeness (QED) is 0.625. The van der Waals surface area contributed by atoms with Crippen LogP contribution in [0.3, 0.4) is 0 Å². The molecule has 0 aromatic heterocycles. The summed E-state index contributed by atoms with van der Waals surface area (Å²) in [4.78, 5) is 12.6. The van der Waals surface area contributed by atoms with Crippen LogP contribution in [-0.4, -0.2) is 27.5 Å². The summed E-state index contributed by atoms with van der Waals surface area (Å²) in [5.74, 6) is 0.645. The second kappa shape index (κ2) is 8.31. The average molecular weight is 439 g/mol. The van der Waals surface area contributed by atoms with Crippen molar-refractivity contribution in [2.24, 2.45) is 0 Å². The number of carbonyl (C=O) groups is 1. The first-order chi connectivity index (χ1) is 14.8. The molecular weight excluding hydrogens is 416 g/mol. The molecule has 1 aliphatic heterocycles. The third-order valence-electron chi connectivity index (χ3n) is 4.86. The minimum atomic E-state index is -3.82. The van der Waals surface area contributed by atoms with E-state index in [1.807, 2.05) is 32.0 Å². The summed E-state index contributed by atoms with van der Waals surface area (Å²) in [5, 5.41) is 2.89. The number of rotatable bonds is 5. The Morgan fingerprint density at radius 2 is 1.58 bits per heavy atom. The Hall–Kier alpha value is -3.52. The summed E-state index contributed by atoms with van der Waals surface area (Å²) in [6.07, 6.45) is 0. The van der Waals surface area contributed by atoms with Crippen LogP contribution in [0, 0.1) is 13.8 Å². The lowest BCUT2D eigenvalue weighted by atomic mass is 10.1. The van der Waals surface area contributed by atoms with E-state index in [0.29, 0.717) is 36.0 Å². The molecule has 7 nitrogen and oxygen atoms in total. The van der Waals surface area contributed by atoms with Crippen LogP contribution in [0.15, 0.2) is 65.6 Å². The van der Waals surface area contributed by atoms with Gasteiger partial charge in [0.25, 0.3) is 15.9 Å². The second-order valence-electron chi connectivity index (χ2n) is 7.26. The number of amides is 1. The largest absolute Gasteiger partial charge is 0.486 e. The first kappa shape index (κ1) is 20.7. The minimum absolute atomic E-state index is 0.0634. The third-order valence-corrected chi connectivity index (χ3v) is 6.24. The lowest BCUT2D eigenvalue weighted by Crippen LogP contribution is -2.17. The molecule has 3 aromatic carbocycles. The molecular formula is C23H22N2O5S. The van der Waals surface area contributed by atoms with Crippen molar-refractivity contribution in [1.29, 1.82) is 0 Å². The normalized spacial score (nSPS) is 12.8. The summed E-state index contributed by atoms with van der Waals surface area (Å²) in [6, 6.07) is 16.5. The van der Waals surface area contributed by atoms with Gasteiger partial charge in [0.2, 0.25) is 0 Å². The van der Waals surface area contributed by atoms with Crippen LogP contribution in [0.2, 0.25) is 0 Å². The van der Waals surface area contributed by atoms with Crippen LogP contribution >= 0.6 is 0 Å². The maximum atomic E-state index is 12.7. The fraction of sp³-hybridized carbons (Fsp3) is 0.174. The van der Waals surface area contributed by atoms with Crippen molar-refractivity contribution in [3.63, 3.8) is 0 Å². The van der Waals surface area contributed by atoms with Crippen molar-refractivity contribution >= 4 is 27.3 Å². The molecule has 3 aromatic rings. The van der Waals surface area contributed by atoms with E-state index in [9.17, 15) is 13.2 Å². The van der Waals surface area contributed by atoms with E-state index in [0.717, 1.165) is 16.8 Å². The Balaban J connectivity index is 1.48. The van der Waals surface area contributed by atoms with Gasteiger partial charge in [-0.15, -0.1) is 0 Å². The first-order valence-electron chi connectivity index (χ1n) is 9.73. The van der Waals surface area contributed by atoms with Gasteiger partial charge in [-0.3, -0.25) is 9.52 Å². The van der Waals surface area contributed by atoms with E-state index in [-0.39, 0.29) is 10.8 Å². The minimum Gasteiger partial charge on any atom is -0.486 e. The van der Waals surface area contributed by atoms with Gasteiger partial charge in [0.1, 0.15) is 13.2 Å². The Bertz CT molecular complexity index is 1240. The molecule has 0 radical (unpaired) electrons. The average Bonchev–Trinajstić information content (AvgIpc) is 2.76. The maximum absolute atomic E-state index is 12.7. The molecule has 0 unspecified atom stereocenters. The van der Waals surface area contributed by atoms with Crippen molar-refractivity contribution < 1.29 is 22.7 Å². The zero-order valence-corrected chi connectivity index (χ0v) is 18.0. The van der Waals surface area contributed by atoms with E-state index in [4.69, 9.17) is 9.47 Å². The van der Waals surface area contributed by atoms with Crippen LogP contribution in [0.4, 0.5) is 11.4 Å². The lowest BCUT2D eigenvalue weighted by Gasteiger charge is -2.19. The smallest absolute Gasteiger partial charge is 0.262 e. The summed E-state index contributed by atoms with van der Waals surface area (Å²) < 4.78 is 38.9. The summed E-state index contributed by atoms with van der Waals surface area (Å²) in [7, 11) is -3.82. The van der Waals surface area contributed by atoms with Crippen LogP contribution in [0.5, 0.6) is 11.5 Å². The fourth-order valence-electron chi connectivity index (χ4n) is 3.16. The predicted octanol–water partition coefficient (Wildman–Crippen LogP) is 4.13. The highest BCUT2D eigenvalue weighted by molar-refractivity contribution is 7.92. The molecule has 1 aliphatic rings. The molecule has 0 bridgehead atoms. The summed E-state index contributed by atoms with van der Waals surface area (Å²) in [6.45, 7) is 4.68. The van der Waals surface area contributed by atoms with E-state index in [2.05, 4.69) is 10.0 Å². The van der Waals surface area contributed by atoms with Crippen LogP contribution in [-0.2, 0) is 10.0 Å². The molecule has 160 valence electrons. The molecule has 1 amide bonds. The van der Waals surface area contributed by atoms with Crippen LogP contribution in [0.25, 0.3) is 0 Å². The number of fused-ring (bicyclic) bond motifs is 1. The van der Waals surface area contributed by atoms with Gasteiger partial charge in [-0.2, -0.15) is 0 Å². The molecule has 8 heteroatoms. The molecule has 1 heterocycles. The fourth-order valence-corrected chi connectivity index (χ4v) is 4.23. The van der Waals surface area contributed by atoms with Gasteiger partial charge < -0.3 is 14.8 Å². The number of anilines is 2. The van der Waals surface area contributed by atoms with E-state index >= 15 is 0 Å². The Labute approximate surface area is 181 Å². The summed E-state index contributed by atoms with van der Waals surface area (Å²) in [5.41, 5.74) is 3.52. The molecule has 0 fully saturated rings. The third kappa shape index (κ3) is 4.64. The predicted molar refractivity (Wildman–Crippen MR) is 119 cm³/mol. The number of hydrogen-bond acceptors (Lipinski definition) is 5.